The van der Waals surface area contributed by atoms with Crippen molar-refractivity contribution < 1.29 is 20.4 Å². The zero-order valence-corrected chi connectivity index (χ0v) is 14.6. The van der Waals surface area contributed by atoms with Gasteiger partial charge in [-0.05, 0) is 32.6 Å². The third kappa shape index (κ3) is 38.3. The van der Waals surface area contributed by atoms with Crippen molar-refractivity contribution in [2.24, 2.45) is 0 Å². The Morgan fingerprint density at radius 1 is 0.714 bits per heavy atom. The molecule has 1 aliphatic rings. The highest BCUT2D eigenvalue weighted by Gasteiger charge is 2.07. The molecule has 0 aromatic rings. The van der Waals surface area contributed by atoms with Crippen molar-refractivity contribution in [2.75, 3.05) is 19.8 Å². The molecule has 4 heteroatoms. The van der Waals surface area contributed by atoms with Crippen LogP contribution in [0.4, 0.5) is 0 Å². The van der Waals surface area contributed by atoms with E-state index >= 15 is 0 Å². The fraction of sp³-hybridized carbons (Fsp3) is 1.00. The Morgan fingerprint density at radius 3 is 1.29 bits per heavy atom. The molecule has 1 fully saturated rings. The van der Waals surface area contributed by atoms with E-state index in [4.69, 9.17) is 20.4 Å². The smallest absolute Gasteiger partial charge is 0.0540 e. The number of hydrogen-bond acceptors (Lipinski definition) is 4. The summed E-state index contributed by atoms with van der Waals surface area (Å²) >= 11 is 0. The molecule has 21 heavy (non-hydrogen) atoms. The van der Waals surface area contributed by atoms with Gasteiger partial charge in [0.25, 0.3) is 0 Å². The van der Waals surface area contributed by atoms with Crippen molar-refractivity contribution in [3.63, 3.8) is 0 Å². The van der Waals surface area contributed by atoms with Gasteiger partial charge < -0.3 is 20.4 Å². The molecule has 1 saturated carbocycles. The van der Waals surface area contributed by atoms with Crippen molar-refractivity contribution in [1.82, 2.24) is 0 Å². The zero-order valence-electron chi connectivity index (χ0n) is 14.6. The minimum absolute atomic E-state index is 0.0359. The van der Waals surface area contributed by atoms with Crippen LogP contribution in [0.1, 0.15) is 85.0 Å². The molecule has 132 valence electrons. The fourth-order valence-electron chi connectivity index (χ4n) is 1.60. The van der Waals surface area contributed by atoms with Gasteiger partial charge in [-0.1, -0.05) is 52.4 Å². The number of aliphatic hydroxyl groups excluding tert-OH is 4. The minimum atomic E-state index is 0.0359. The Hall–Kier alpha value is -0.160. The summed E-state index contributed by atoms with van der Waals surface area (Å²) in [6.45, 7) is 6.80. The maximum Gasteiger partial charge on any atom is 0.0540 e. The van der Waals surface area contributed by atoms with Crippen molar-refractivity contribution in [2.45, 2.75) is 91.1 Å². The highest BCUT2D eigenvalue weighted by Crippen LogP contribution is 2.16. The van der Waals surface area contributed by atoms with Crippen LogP contribution in [0, 0.1) is 0 Å². The van der Waals surface area contributed by atoms with E-state index in [1.165, 1.54) is 25.7 Å². The van der Waals surface area contributed by atoms with Crippen LogP contribution in [0.3, 0.4) is 0 Å². The first kappa shape index (κ1) is 25.8. The van der Waals surface area contributed by atoms with Crippen LogP contribution < -0.4 is 0 Å². The van der Waals surface area contributed by atoms with Gasteiger partial charge >= 0.3 is 0 Å². The molecular weight excluding hydrogens is 268 g/mol. The fourth-order valence-corrected chi connectivity index (χ4v) is 1.60. The van der Waals surface area contributed by atoms with Crippen LogP contribution >= 0.6 is 0 Å². The molecule has 4 nitrogen and oxygen atoms in total. The van der Waals surface area contributed by atoms with Crippen molar-refractivity contribution in [3.05, 3.63) is 0 Å². The van der Waals surface area contributed by atoms with Crippen LogP contribution in [-0.4, -0.2) is 46.4 Å². The molecule has 0 aromatic carbocycles. The first-order chi connectivity index (χ1) is 10.1. The molecule has 0 spiro atoms. The predicted molar refractivity (Wildman–Crippen MR) is 90.5 cm³/mol. The third-order valence-electron chi connectivity index (χ3n) is 2.85. The van der Waals surface area contributed by atoms with Crippen LogP contribution in [0.25, 0.3) is 0 Å². The summed E-state index contributed by atoms with van der Waals surface area (Å²) in [4.78, 5) is 0. The largest absolute Gasteiger partial charge is 0.397 e. The van der Waals surface area contributed by atoms with E-state index in [1.54, 1.807) is 6.92 Å². The van der Waals surface area contributed by atoms with Gasteiger partial charge in [-0.3, -0.25) is 0 Å². The van der Waals surface area contributed by atoms with Crippen molar-refractivity contribution >= 4 is 0 Å². The molecule has 0 unspecified atom stereocenters. The SMILES string of the molecule is CCCCCO.CCCCO.CCO.OC1CCCCC1. The van der Waals surface area contributed by atoms with Gasteiger partial charge in [0.2, 0.25) is 0 Å². The summed E-state index contributed by atoms with van der Waals surface area (Å²) in [6.07, 6.45) is 11.3. The van der Waals surface area contributed by atoms with E-state index in [9.17, 15) is 0 Å². The topological polar surface area (TPSA) is 80.9 Å². The normalized spacial score (nSPS) is 13.9. The average molecular weight is 309 g/mol. The van der Waals surface area contributed by atoms with Crippen LogP contribution in [0.5, 0.6) is 0 Å². The lowest BCUT2D eigenvalue weighted by Crippen LogP contribution is -2.09. The third-order valence-corrected chi connectivity index (χ3v) is 2.85. The van der Waals surface area contributed by atoms with Gasteiger partial charge in [0.05, 0.1) is 6.10 Å². The molecule has 0 heterocycles. The number of rotatable bonds is 5. The summed E-state index contributed by atoms with van der Waals surface area (Å²) < 4.78 is 0. The lowest BCUT2D eigenvalue weighted by atomic mass is 9.98. The summed E-state index contributed by atoms with van der Waals surface area (Å²) in [6, 6.07) is 0. The molecule has 4 N–H and O–H groups in total. The van der Waals surface area contributed by atoms with E-state index in [1.807, 2.05) is 0 Å². The summed E-state index contributed by atoms with van der Waals surface area (Å²) in [7, 11) is 0. The van der Waals surface area contributed by atoms with Gasteiger partial charge in [-0.25, -0.2) is 0 Å². The van der Waals surface area contributed by atoms with Crippen molar-refractivity contribution in [1.29, 1.82) is 0 Å². The molecule has 0 amide bonds. The van der Waals surface area contributed by atoms with E-state index in [0.717, 1.165) is 38.5 Å². The molecular formula is C17H40O4. The number of aliphatic hydroxyl groups is 4. The highest BCUT2D eigenvalue weighted by molar-refractivity contribution is 4.61. The summed E-state index contributed by atoms with van der Waals surface area (Å²) in [5.41, 5.74) is 0. The Kier molecular flexibility index (Phi) is 34.4. The van der Waals surface area contributed by atoms with E-state index in [0.29, 0.717) is 13.2 Å². The highest BCUT2D eigenvalue weighted by atomic mass is 16.3. The first-order valence-electron chi connectivity index (χ1n) is 8.64. The Balaban J connectivity index is -0.000000215. The molecule has 1 aliphatic carbocycles. The maximum atomic E-state index is 8.91. The minimum Gasteiger partial charge on any atom is -0.397 e. The second kappa shape index (κ2) is 28.1. The maximum absolute atomic E-state index is 8.91. The van der Waals surface area contributed by atoms with Crippen molar-refractivity contribution in [3.8, 4) is 0 Å². The quantitative estimate of drug-likeness (QED) is 0.588. The molecule has 0 atom stereocenters. The molecule has 0 aliphatic heterocycles. The zero-order chi connectivity index (χ0) is 16.8. The van der Waals surface area contributed by atoms with Gasteiger partial charge in [-0.15, -0.1) is 0 Å². The van der Waals surface area contributed by atoms with Crippen LogP contribution in [0.2, 0.25) is 0 Å². The average Bonchev–Trinajstić information content (AvgIpc) is 2.49. The predicted octanol–water partition coefficient (Wildman–Crippen LogP) is 3.26. The summed E-state index contributed by atoms with van der Waals surface area (Å²) in [5.74, 6) is 0. The van der Waals surface area contributed by atoms with E-state index < -0.39 is 0 Å². The monoisotopic (exact) mass is 308 g/mol. The molecule has 0 saturated heterocycles. The van der Waals surface area contributed by atoms with Gasteiger partial charge in [-0.2, -0.15) is 0 Å². The lowest BCUT2D eigenvalue weighted by Gasteiger charge is -2.14. The first-order valence-corrected chi connectivity index (χ1v) is 8.64. The number of unbranched alkanes of at least 4 members (excludes halogenated alkanes) is 3. The molecule has 0 bridgehead atoms. The molecule has 1 rings (SSSR count). The van der Waals surface area contributed by atoms with Gasteiger partial charge in [0, 0.05) is 19.8 Å². The number of hydrogen-bond donors (Lipinski definition) is 4. The van der Waals surface area contributed by atoms with Gasteiger partial charge in [0.15, 0.2) is 0 Å². The van der Waals surface area contributed by atoms with Gasteiger partial charge in [0.1, 0.15) is 0 Å². The Bertz CT molecular complexity index is 131. The van der Waals surface area contributed by atoms with E-state index in [2.05, 4.69) is 13.8 Å². The lowest BCUT2D eigenvalue weighted by molar-refractivity contribution is 0.130. The second-order valence-corrected chi connectivity index (χ2v) is 5.12. The Morgan fingerprint density at radius 2 is 1.14 bits per heavy atom. The second-order valence-electron chi connectivity index (χ2n) is 5.12. The Labute approximate surface area is 132 Å². The van der Waals surface area contributed by atoms with Crippen LogP contribution in [0.15, 0.2) is 0 Å². The standard InChI is InChI=1S/C6H12O.C5H12O.C4H10O.C2H6O/c7-6-4-2-1-3-5-6;1-2-3-4-5-6;1-2-3-4-5;1-2-3/h6-7H,1-5H2;6H,2-5H2,1H3;5H,2-4H2,1H3;3H,2H2,1H3. The molecule has 0 aromatic heterocycles. The summed E-state index contributed by atoms with van der Waals surface area (Å²) in [5, 5.41) is 32.7. The van der Waals surface area contributed by atoms with E-state index in [-0.39, 0.29) is 12.7 Å². The van der Waals surface area contributed by atoms with Crippen LogP contribution in [-0.2, 0) is 0 Å². The molecule has 0 radical (unpaired) electrons.